The van der Waals surface area contributed by atoms with Crippen molar-refractivity contribution in [2.45, 2.75) is 59.3 Å². The van der Waals surface area contributed by atoms with Crippen LogP contribution in [0.25, 0.3) is 0 Å². The second kappa shape index (κ2) is 9.22. The number of rotatable bonds is 7. The lowest BCUT2D eigenvalue weighted by Crippen LogP contribution is -2.44. The van der Waals surface area contributed by atoms with E-state index in [0.29, 0.717) is 22.3 Å². The van der Waals surface area contributed by atoms with Crippen LogP contribution in [0.4, 0.5) is 4.79 Å². The van der Waals surface area contributed by atoms with Gasteiger partial charge in [0.25, 0.3) is 0 Å². The molecule has 1 amide bonds. The van der Waals surface area contributed by atoms with E-state index in [1.54, 1.807) is 32.9 Å². The number of nitrogens with one attached hydrogen (secondary N) is 1. The Kier molecular flexibility index (Phi) is 7.19. The molecule has 1 heterocycles. The Labute approximate surface area is 174 Å². The zero-order chi connectivity index (χ0) is 21.8. The highest BCUT2D eigenvalue weighted by atomic mass is 35.5. The van der Waals surface area contributed by atoms with Gasteiger partial charge in [-0.25, -0.2) is 9.59 Å². The van der Waals surface area contributed by atoms with Gasteiger partial charge in [0.15, 0.2) is 0 Å². The Morgan fingerprint density at radius 3 is 2.31 bits per heavy atom. The predicted octanol–water partition coefficient (Wildman–Crippen LogP) is 4.65. The lowest BCUT2D eigenvalue weighted by molar-refractivity contribution is -0.139. The summed E-state index contributed by atoms with van der Waals surface area (Å²) in [6, 6.07) is 5.86. The van der Waals surface area contributed by atoms with Crippen LogP contribution in [0.5, 0.6) is 5.75 Å². The fraction of sp³-hybridized carbons (Fsp3) is 0.429. The number of halogens is 1. The molecule has 0 aliphatic carbocycles. The van der Waals surface area contributed by atoms with Crippen LogP contribution in [0, 0.1) is 13.8 Å². The van der Waals surface area contributed by atoms with Crippen LogP contribution in [0.3, 0.4) is 0 Å². The number of alkyl carbamates (subject to hydrolysis) is 1. The average molecular weight is 424 g/mol. The number of benzene rings is 1. The van der Waals surface area contributed by atoms with E-state index in [9.17, 15) is 14.7 Å². The molecule has 0 spiro atoms. The van der Waals surface area contributed by atoms with Gasteiger partial charge in [0.2, 0.25) is 0 Å². The Balaban J connectivity index is 1.97. The average Bonchev–Trinajstić information content (AvgIpc) is 3.03. The van der Waals surface area contributed by atoms with Crippen LogP contribution in [-0.4, -0.2) is 28.8 Å². The number of carbonyl (C=O) groups is 2. The monoisotopic (exact) mass is 423 g/mol. The fourth-order valence-electron chi connectivity index (χ4n) is 2.60. The van der Waals surface area contributed by atoms with Crippen molar-refractivity contribution in [3.63, 3.8) is 0 Å². The van der Waals surface area contributed by atoms with Gasteiger partial charge in [0.05, 0.1) is 0 Å². The molecule has 0 aliphatic heterocycles. The molecule has 0 saturated heterocycles. The highest BCUT2D eigenvalue weighted by Gasteiger charge is 2.25. The first kappa shape index (κ1) is 22.6. The Morgan fingerprint density at radius 1 is 1.17 bits per heavy atom. The van der Waals surface area contributed by atoms with Gasteiger partial charge >= 0.3 is 12.1 Å². The van der Waals surface area contributed by atoms with Crippen molar-refractivity contribution in [3.8, 4) is 5.75 Å². The number of aryl methyl sites for hydroxylation is 2. The van der Waals surface area contributed by atoms with Crippen molar-refractivity contribution in [2.24, 2.45) is 0 Å². The maximum atomic E-state index is 11.9. The number of amides is 1. The maximum absolute atomic E-state index is 11.9. The molecule has 2 aromatic rings. The maximum Gasteiger partial charge on any atom is 0.408 e. The minimum Gasteiger partial charge on any atom is -0.486 e. The Morgan fingerprint density at radius 2 is 1.76 bits per heavy atom. The summed E-state index contributed by atoms with van der Waals surface area (Å²) in [5.41, 5.74) is 1.11. The minimum absolute atomic E-state index is 0.0201. The highest BCUT2D eigenvalue weighted by Crippen LogP contribution is 2.26. The number of carboxylic acids is 1. The van der Waals surface area contributed by atoms with Crippen molar-refractivity contribution in [1.29, 1.82) is 0 Å². The molecular formula is C21H26ClNO6. The molecule has 1 aromatic heterocycles. The summed E-state index contributed by atoms with van der Waals surface area (Å²) in [6.07, 6.45) is -0.818. The number of furan rings is 1. The molecule has 1 atom stereocenters. The number of ether oxygens (including phenoxy) is 2. The van der Waals surface area contributed by atoms with Crippen molar-refractivity contribution < 1.29 is 28.6 Å². The summed E-state index contributed by atoms with van der Waals surface area (Å²) in [5.74, 6) is 0.428. The molecule has 0 aliphatic rings. The molecule has 2 rings (SSSR count). The van der Waals surface area contributed by atoms with Gasteiger partial charge in [-0.2, -0.15) is 0 Å². The van der Waals surface area contributed by atoms with Gasteiger partial charge in [-0.05, 0) is 70.0 Å². The summed E-state index contributed by atoms with van der Waals surface area (Å²) in [7, 11) is 0. The fourth-order valence-corrected chi connectivity index (χ4v) is 2.71. The van der Waals surface area contributed by atoms with Crippen LogP contribution in [0.2, 0.25) is 5.02 Å². The minimum atomic E-state index is -1.18. The predicted molar refractivity (Wildman–Crippen MR) is 108 cm³/mol. The normalized spacial score (nSPS) is 12.3. The lowest BCUT2D eigenvalue weighted by Gasteiger charge is -2.21. The molecule has 0 radical (unpaired) electrons. The first-order chi connectivity index (χ1) is 13.4. The van der Waals surface area contributed by atoms with Gasteiger partial charge in [-0.3, -0.25) is 0 Å². The molecular weight excluding hydrogens is 398 g/mol. The molecule has 0 bridgehead atoms. The molecule has 29 heavy (non-hydrogen) atoms. The van der Waals surface area contributed by atoms with Gasteiger partial charge in [-0.1, -0.05) is 11.6 Å². The molecule has 7 nitrogen and oxygen atoms in total. The van der Waals surface area contributed by atoms with Gasteiger partial charge in [0.1, 0.15) is 35.5 Å². The highest BCUT2D eigenvalue weighted by molar-refractivity contribution is 6.32. The van der Waals surface area contributed by atoms with Crippen molar-refractivity contribution in [1.82, 2.24) is 5.32 Å². The van der Waals surface area contributed by atoms with Crippen LogP contribution in [0.1, 0.15) is 43.4 Å². The van der Waals surface area contributed by atoms with E-state index < -0.39 is 23.7 Å². The number of hydrogen-bond acceptors (Lipinski definition) is 5. The van der Waals surface area contributed by atoms with E-state index in [-0.39, 0.29) is 13.0 Å². The first-order valence-corrected chi connectivity index (χ1v) is 9.52. The molecule has 8 heteroatoms. The molecule has 1 unspecified atom stereocenters. The first-order valence-electron chi connectivity index (χ1n) is 9.14. The number of carbonyl (C=O) groups excluding carboxylic acids is 1. The third kappa shape index (κ3) is 7.02. The van der Waals surface area contributed by atoms with E-state index in [4.69, 9.17) is 25.5 Å². The summed E-state index contributed by atoms with van der Waals surface area (Å²) in [6.45, 7) is 9.08. The number of carboxylic acid groups (broad SMARTS) is 1. The summed E-state index contributed by atoms with van der Waals surface area (Å²) in [5, 5.41) is 12.4. The summed E-state index contributed by atoms with van der Waals surface area (Å²) >= 11 is 6.15. The van der Waals surface area contributed by atoms with Gasteiger partial charge < -0.3 is 24.3 Å². The smallest absolute Gasteiger partial charge is 0.408 e. The van der Waals surface area contributed by atoms with E-state index in [2.05, 4.69) is 5.32 Å². The molecule has 2 N–H and O–H groups in total. The molecule has 158 valence electrons. The van der Waals surface area contributed by atoms with E-state index in [1.807, 2.05) is 26.0 Å². The third-order valence-corrected chi connectivity index (χ3v) is 4.50. The SMILES string of the molecule is Cc1cc(OCc2ccc(CC(NC(=O)OC(C)(C)C)C(=O)O)o2)cc(C)c1Cl. The van der Waals surface area contributed by atoms with E-state index in [1.165, 1.54) is 0 Å². The second-order valence-corrected chi connectivity index (χ2v) is 8.15. The van der Waals surface area contributed by atoms with E-state index >= 15 is 0 Å². The standard InChI is InChI=1S/C21H26ClNO6/c1-12-8-16(9-13(2)18(12)22)27-11-15-7-6-14(28-15)10-17(19(24)25)23-20(26)29-21(3,4)5/h6-9,17H,10-11H2,1-5H3,(H,23,26)(H,24,25). The molecule has 0 saturated carbocycles. The molecule has 0 fully saturated rings. The van der Waals surface area contributed by atoms with Crippen LogP contribution in [-0.2, 0) is 22.6 Å². The Bertz CT molecular complexity index is 861. The van der Waals surface area contributed by atoms with E-state index in [0.717, 1.165) is 11.1 Å². The Hall–Kier alpha value is -2.67. The van der Waals surface area contributed by atoms with Crippen LogP contribution >= 0.6 is 11.6 Å². The second-order valence-electron chi connectivity index (χ2n) is 7.77. The van der Waals surface area contributed by atoms with Crippen molar-refractivity contribution >= 4 is 23.7 Å². The van der Waals surface area contributed by atoms with Crippen LogP contribution < -0.4 is 10.1 Å². The van der Waals surface area contributed by atoms with Crippen molar-refractivity contribution in [2.75, 3.05) is 0 Å². The quantitative estimate of drug-likeness (QED) is 0.672. The van der Waals surface area contributed by atoms with Gasteiger partial charge in [0, 0.05) is 11.4 Å². The van der Waals surface area contributed by atoms with Crippen LogP contribution in [0.15, 0.2) is 28.7 Å². The number of aliphatic carboxylic acids is 1. The summed E-state index contributed by atoms with van der Waals surface area (Å²) in [4.78, 5) is 23.3. The van der Waals surface area contributed by atoms with Gasteiger partial charge in [-0.15, -0.1) is 0 Å². The topological polar surface area (TPSA) is 98.0 Å². The summed E-state index contributed by atoms with van der Waals surface area (Å²) < 4.78 is 16.5. The molecule has 1 aromatic carbocycles. The third-order valence-electron chi connectivity index (χ3n) is 3.90. The zero-order valence-corrected chi connectivity index (χ0v) is 17.9. The number of hydrogen-bond donors (Lipinski definition) is 2. The van der Waals surface area contributed by atoms with Crippen molar-refractivity contribution in [3.05, 3.63) is 51.9 Å². The zero-order valence-electron chi connectivity index (χ0n) is 17.2. The largest absolute Gasteiger partial charge is 0.486 e. The lowest BCUT2D eigenvalue weighted by atomic mass is 10.1.